The minimum Gasteiger partial charge on any atom is -0.744 e. The monoisotopic (exact) mass is 1090 g/mol. The Morgan fingerprint density at radius 1 is 0.716 bits per heavy atom. The van der Waals surface area contributed by atoms with Crippen molar-refractivity contribution >= 4 is 79.1 Å². The summed E-state index contributed by atoms with van der Waals surface area (Å²) in [6.07, 6.45) is 15.8. The van der Waals surface area contributed by atoms with E-state index in [2.05, 4.69) is 77.6 Å². The van der Waals surface area contributed by atoms with E-state index in [0.717, 1.165) is 61.5 Å². The van der Waals surface area contributed by atoms with E-state index in [1.807, 2.05) is 26.2 Å². The molecule has 1 fully saturated rings. The van der Waals surface area contributed by atoms with Crippen molar-refractivity contribution in [1.29, 1.82) is 0 Å². The van der Waals surface area contributed by atoms with Crippen LogP contribution >= 0.6 is 0 Å². The predicted octanol–water partition coefficient (Wildman–Crippen LogP) is 7.11. The topological polar surface area (TPSA) is 251 Å². The summed E-state index contributed by atoms with van der Waals surface area (Å²) >= 11 is 0. The highest BCUT2D eigenvalue weighted by Gasteiger charge is 2.43. The van der Waals surface area contributed by atoms with Gasteiger partial charge in [-0.1, -0.05) is 70.0 Å². The SMILES string of the molecule is C#CCOC1CC(=CC=C2N(CCCCS(=O)(=O)O)c3ccc4cc(S(=O)(=O)[O-])ccc4c3C2(C)C)C(=[N+](C)CCNC)C(=CC=C2N(CCCCS(=O)(=O)O)c3ccc4cc(S(=O)(=O)O)ccc4c3C2(C)C)C1. The zero-order valence-corrected chi connectivity index (χ0v) is 45.6. The molecule has 17 nitrogen and oxygen atoms in total. The Morgan fingerprint density at radius 2 is 1.18 bits per heavy atom. The average molecular weight is 1090 g/mol. The third-order valence-electron chi connectivity index (χ3n) is 14.2. The van der Waals surface area contributed by atoms with Crippen molar-refractivity contribution < 1.29 is 61.2 Å². The van der Waals surface area contributed by atoms with Gasteiger partial charge in [-0.05, 0) is 114 Å². The van der Waals surface area contributed by atoms with Crippen LogP contribution < -0.4 is 15.1 Å². The van der Waals surface area contributed by atoms with E-state index in [9.17, 15) is 51.9 Å². The maximum Gasteiger partial charge on any atom is 0.294 e. The van der Waals surface area contributed by atoms with E-state index in [1.165, 1.54) is 24.3 Å². The molecule has 4 aromatic rings. The van der Waals surface area contributed by atoms with Crippen LogP contribution in [0.4, 0.5) is 11.4 Å². The number of rotatable bonds is 19. The van der Waals surface area contributed by atoms with Crippen LogP contribution in [-0.4, -0.2) is 127 Å². The second-order valence-corrected chi connectivity index (χ2v) is 26.0. The number of terminal acetylenes is 1. The summed E-state index contributed by atoms with van der Waals surface area (Å²) in [7, 11) is -13.7. The van der Waals surface area contributed by atoms with E-state index >= 15 is 0 Å². The first kappa shape index (κ1) is 56.5. The molecule has 2 heterocycles. The second-order valence-electron chi connectivity index (χ2n) is 20.1. The molecule has 21 heteroatoms. The van der Waals surface area contributed by atoms with Crippen LogP contribution in [0.3, 0.4) is 0 Å². The fraction of sp³-hybridized carbons (Fsp3) is 0.415. The summed E-state index contributed by atoms with van der Waals surface area (Å²) < 4.78 is 145. The number of unbranched alkanes of at least 4 members (excludes halogenated alkanes) is 2. The molecule has 2 aliphatic heterocycles. The van der Waals surface area contributed by atoms with Gasteiger partial charge in [0.1, 0.15) is 23.8 Å². The first-order chi connectivity index (χ1) is 34.6. The molecule has 0 spiro atoms. The van der Waals surface area contributed by atoms with Crippen molar-refractivity contribution in [2.45, 2.75) is 92.9 Å². The molecule has 4 N–H and O–H groups in total. The third-order valence-corrected chi connectivity index (χ3v) is 17.4. The maximum absolute atomic E-state index is 12.2. The van der Waals surface area contributed by atoms with Crippen molar-refractivity contribution in [3.8, 4) is 12.3 Å². The summed E-state index contributed by atoms with van der Waals surface area (Å²) in [5, 5.41) is 5.94. The fourth-order valence-electron chi connectivity index (χ4n) is 10.8. The van der Waals surface area contributed by atoms with Gasteiger partial charge in [0.2, 0.25) is 5.71 Å². The van der Waals surface area contributed by atoms with E-state index in [4.69, 9.17) is 11.2 Å². The van der Waals surface area contributed by atoms with Gasteiger partial charge in [0.15, 0.2) is 6.54 Å². The van der Waals surface area contributed by atoms with Crippen LogP contribution in [0.25, 0.3) is 21.5 Å². The molecule has 3 aliphatic rings. The predicted molar refractivity (Wildman–Crippen MR) is 288 cm³/mol. The van der Waals surface area contributed by atoms with Crippen molar-refractivity contribution in [3.63, 3.8) is 0 Å². The molecule has 0 aromatic heterocycles. The quantitative estimate of drug-likeness (QED) is 0.0316. The smallest absolute Gasteiger partial charge is 0.294 e. The van der Waals surface area contributed by atoms with Crippen LogP contribution in [0, 0.1) is 12.3 Å². The largest absolute Gasteiger partial charge is 0.744 e. The summed E-state index contributed by atoms with van der Waals surface area (Å²) in [6, 6.07) is 16.1. The molecule has 1 saturated carbocycles. The Labute approximate surface area is 435 Å². The lowest BCUT2D eigenvalue weighted by Gasteiger charge is -2.29. The van der Waals surface area contributed by atoms with Gasteiger partial charge in [0, 0.05) is 70.7 Å². The zero-order chi connectivity index (χ0) is 54.2. The van der Waals surface area contributed by atoms with Gasteiger partial charge in [-0.3, -0.25) is 13.7 Å². The molecule has 74 heavy (non-hydrogen) atoms. The molecule has 398 valence electrons. The van der Waals surface area contributed by atoms with Crippen molar-refractivity contribution in [2.24, 2.45) is 0 Å². The number of hydrogen-bond donors (Lipinski definition) is 4. The van der Waals surface area contributed by atoms with E-state index in [0.29, 0.717) is 62.6 Å². The fourth-order valence-corrected chi connectivity index (χ4v) is 13.0. The minimum absolute atomic E-state index is 0.0620. The molecule has 7 rings (SSSR count). The minimum atomic E-state index is -4.73. The Kier molecular flexibility index (Phi) is 16.6. The molecule has 0 amide bonds. The molecule has 4 aromatic carbocycles. The van der Waals surface area contributed by atoms with Gasteiger partial charge in [-0.25, -0.2) is 13.0 Å². The second kappa shape index (κ2) is 21.8. The number of allylic oxidation sites excluding steroid dienone is 6. The van der Waals surface area contributed by atoms with Gasteiger partial charge in [0.25, 0.3) is 30.4 Å². The summed E-state index contributed by atoms with van der Waals surface area (Å²) in [4.78, 5) is 3.66. The lowest BCUT2D eigenvalue weighted by Crippen LogP contribution is -2.34. The molecule has 1 atom stereocenters. The van der Waals surface area contributed by atoms with E-state index < -0.39 is 62.8 Å². The van der Waals surface area contributed by atoms with Gasteiger partial charge in [0.05, 0.1) is 33.9 Å². The van der Waals surface area contributed by atoms with Crippen LogP contribution in [0.15, 0.2) is 117 Å². The summed E-state index contributed by atoms with van der Waals surface area (Å²) in [5.74, 6) is 1.79. The first-order valence-corrected chi connectivity index (χ1v) is 30.3. The number of nitrogens with one attached hydrogen (secondary N) is 1. The van der Waals surface area contributed by atoms with Crippen LogP contribution in [-0.2, 0) is 56.0 Å². The number of likely N-dealkylation sites (N-methyl/N-ethyl adjacent to an activating group) is 2. The van der Waals surface area contributed by atoms with Crippen molar-refractivity contribution in [1.82, 2.24) is 5.32 Å². The summed E-state index contributed by atoms with van der Waals surface area (Å²) in [6.45, 7) is 10.3. The molecule has 0 bridgehead atoms. The highest BCUT2D eigenvalue weighted by molar-refractivity contribution is 7.86. The molecular formula is C53H64N4O13S4. The first-order valence-electron chi connectivity index (χ1n) is 24.2. The molecule has 1 aliphatic carbocycles. The standard InChI is InChI=1S/C53H64N4O13S4/c1-8-29-70-40-32-38(15-23-47-52(2,3)49-43-19-17-41(73(64,65)66)34-36(43)13-21-45(49)56(47)26-9-11-30-71(58,59)60)51(55(7)28-25-54-6)39(33-40)16-24-48-53(4,5)50-44-20-18-42(74(67,68)69)35-37(44)14-22-46(50)57(48)27-10-12-31-72(61,62)63/h1,13-24,34-35,40,54H,9-12,25-33H2,2-7H3,(H3-,58,59,60,61,62,63,64,65,66,67,68,69). The lowest BCUT2D eigenvalue weighted by molar-refractivity contribution is -0.494. The van der Waals surface area contributed by atoms with E-state index in [1.54, 1.807) is 24.3 Å². The van der Waals surface area contributed by atoms with Crippen molar-refractivity contribution in [3.05, 3.63) is 119 Å². The van der Waals surface area contributed by atoms with E-state index in [-0.39, 0.29) is 35.3 Å². The maximum atomic E-state index is 12.2. The highest BCUT2D eigenvalue weighted by atomic mass is 32.2. The summed E-state index contributed by atoms with van der Waals surface area (Å²) in [5.41, 5.74) is 6.58. The number of anilines is 2. The molecule has 0 radical (unpaired) electrons. The van der Waals surface area contributed by atoms with Crippen LogP contribution in [0.1, 0.15) is 77.3 Å². The number of benzene rings is 4. The van der Waals surface area contributed by atoms with Gasteiger partial charge < -0.3 is 24.4 Å². The Morgan fingerprint density at radius 3 is 1.59 bits per heavy atom. The lowest BCUT2D eigenvalue weighted by atomic mass is 9.80. The normalized spacial score (nSPS) is 20.8. The Hall–Kier alpha value is -5.25. The van der Waals surface area contributed by atoms with Crippen LogP contribution in [0.2, 0.25) is 0 Å². The van der Waals surface area contributed by atoms with Crippen molar-refractivity contribution in [2.75, 3.05) is 68.2 Å². The molecular weight excluding hydrogens is 1030 g/mol. The third kappa shape index (κ3) is 12.4. The van der Waals surface area contributed by atoms with Gasteiger partial charge in [-0.15, -0.1) is 6.42 Å². The highest BCUT2D eigenvalue weighted by Crippen LogP contribution is 2.53. The zero-order valence-electron chi connectivity index (χ0n) is 42.3. The Bertz CT molecular complexity index is 3340. The number of nitrogens with zero attached hydrogens (tertiary/aromatic N) is 3. The molecule has 0 saturated heterocycles. The number of hydrogen-bond acceptors (Lipinski definition) is 13. The molecule has 1 unspecified atom stereocenters. The van der Waals surface area contributed by atoms with Gasteiger partial charge >= 0.3 is 0 Å². The average Bonchev–Trinajstić information content (AvgIpc) is 3.67. The van der Waals surface area contributed by atoms with Gasteiger partial charge in [-0.2, -0.15) is 25.3 Å². The number of ether oxygens (including phenoxy) is 1. The number of fused-ring (bicyclic) bond motifs is 6. The van der Waals surface area contributed by atoms with Crippen LogP contribution in [0.5, 0.6) is 0 Å². The Balaban J connectivity index is 1.39.